The summed E-state index contributed by atoms with van der Waals surface area (Å²) in [5, 5.41) is 0. The second-order valence-corrected chi connectivity index (χ2v) is 14.2. The summed E-state index contributed by atoms with van der Waals surface area (Å²) in [6.45, 7) is 2.51. The molecule has 1 spiro atoms. The number of pyridine rings is 1. The van der Waals surface area contributed by atoms with Crippen molar-refractivity contribution in [3.05, 3.63) is 40.1 Å². The lowest BCUT2D eigenvalue weighted by molar-refractivity contribution is -0.136. The fraction of sp³-hybridized carbons (Fsp3) is 0.767. The van der Waals surface area contributed by atoms with E-state index in [9.17, 15) is 26.7 Å². The largest absolute Gasteiger partial charge is 0.418 e. The summed E-state index contributed by atoms with van der Waals surface area (Å²) in [5.74, 6) is -3.29. The number of nitrogens with zero attached hydrogens (tertiary/aromatic N) is 4. The van der Waals surface area contributed by atoms with Crippen LogP contribution in [0.4, 0.5) is 22.0 Å². The van der Waals surface area contributed by atoms with Gasteiger partial charge in [0.25, 0.3) is 5.92 Å². The Hall–Kier alpha value is -2.02. The molecule has 42 heavy (non-hydrogen) atoms. The Morgan fingerprint density at radius 2 is 1.86 bits per heavy atom. The summed E-state index contributed by atoms with van der Waals surface area (Å²) < 4.78 is 73.7. The molecule has 2 saturated heterocycles. The molecule has 0 amide bonds. The number of alkyl halides is 5. The molecule has 7 nitrogen and oxygen atoms in total. The number of piperidine rings is 1. The van der Waals surface area contributed by atoms with Crippen molar-refractivity contribution in [2.24, 2.45) is 22.7 Å². The van der Waals surface area contributed by atoms with Crippen molar-refractivity contribution in [3.8, 4) is 0 Å². The Balaban J connectivity index is 1.19. The molecule has 5 fully saturated rings. The van der Waals surface area contributed by atoms with Gasteiger partial charge in [-0.15, -0.1) is 0 Å². The van der Waals surface area contributed by atoms with E-state index in [-0.39, 0.29) is 49.2 Å². The van der Waals surface area contributed by atoms with E-state index >= 15 is 0 Å². The molecular formula is C30H41F5N6O. The Morgan fingerprint density at radius 3 is 2.50 bits per heavy atom. The Bertz CT molecular complexity index is 1410. The number of fused-ring (bicyclic) bond motifs is 1. The molecule has 0 bridgehead atoms. The predicted octanol–water partition coefficient (Wildman–Crippen LogP) is 5.21. The maximum Gasteiger partial charge on any atom is 0.418 e. The van der Waals surface area contributed by atoms with Crippen LogP contribution >= 0.6 is 0 Å². The van der Waals surface area contributed by atoms with E-state index in [4.69, 9.17) is 0 Å². The van der Waals surface area contributed by atoms with Crippen molar-refractivity contribution in [1.29, 1.82) is 0 Å². The smallest absolute Gasteiger partial charge is 0.298 e. The van der Waals surface area contributed by atoms with Crippen LogP contribution in [0.15, 0.2) is 23.3 Å². The monoisotopic (exact) mass is 596 g/mol. The average Bonchev–Trinajstić information content (AvgIpc) is 3.48. The maximum atomic E-state index is 14.3. The van der Waals surface area contributed by atoms with Gasteiger partial charge in [0, 0.05) is 55.8 Å². The van der Waals surface area contributed by atoms with Gasteiger partial charge in [0.1, 0.15) is 0 Å². The highest BCUT2D eigenvalue weighted by Crippen LogP contribution is 2.73. The van der Waals surface area contributed by atoms with E-state index in [1.807, 2.05) is 0 Å². The van der Waals surface area contributed by atoms with Crippen LogP contribution in [-0.2, 0) is 12.7 Å². The summed E-state index contributed by atoms with van der Waals surface area (Å²) in [4.78, 5) is 17.8. The zero-order valence-electron chi connectivity index (χ0n) is 24.3. The minimum atomic E-state index is -4.66. The number of rotatable bonds is 5. The first kappa shape index (κ1) is 28.7. The Labute approximate surface area is 242 Å². The van der Waals surface area contributed by atoms with Gasteiger partial charge in [-0.25, -0.2) is 24.4 Å². The van der Waals surface area contributed by atoms with Crippen molar-refractivity contribution in [2.45, 2.75) is 95.6 Å². The predicted molar refractivity (Wildman–Crippen MR) is 148 cm³/mol. The molecule has 0 radical (unpaired) electrons. The van der Waals surface area contributed by atoms with Crippen LogP contribution in [0.25, 0.3) is 5.52 Å². The van der Waals surface area contributed by atoms with Gasteiger partial charge in [-0.3, -0.25) is 18.8 Å². The highest BCUT2D eigenvalue weighted by molar-refractivity contribution is 5.56. The zero-order valence-corrected chi connectivity index (χ0v) is 24.3. The van der Waals surface area contributed by atoms with E-state index in [1.54, 1.807) is 9.47 Å². The molecule has 3 aliphatic carbocycles. The van der Waals surface area contributed by atoms with Gasteiger partial charge in [0.2, 0.25) is 0 Å². The third-order valence-electron chi connectivity index (χ3n) is 11.3. The Morgan fingerprint density at radius 1 is 1.10 bits per heavy atom. The number of likely N-dealkylation sites (tertiary alicyclic amines) is 1. The molecule has 2 aromatic heterocycles. The molecule has 12 heteroatoms. The topological polar surface area (TPSA) is 57.0 Å². The van der Waals surface area contributed by atoms with Crippen LogP contribution in [-0.4, -0.2) is 57.7 Å². The fourth-order valence-corrected chi connectivity index (χ4v) is 8.98. The van der Waals surface area contributed by atoms with Crippen molar-refractivity contribution in [2.75, 3.05) is 26.8 Å². The summed E-state index contributed by atoms with van der Waals surface area (Å²) in [6, 6.07) is 0.922. The second-order valence-electron chi connectivity index (χ2n) is 14.2. The fourth-order valence-electron chi connectivity index (χ4n) is 8.98. The third-order valence-corrected chi connectivity index (χ3v) is 11.3. The second kappa shape index (κ2) is 9.74. The van der Waals surface area contributed by atoms with Gasteiger partial charge >= 0.3 is 11.9 Å². The van der Waals surface area contributed by atoms with Crippen LogP contribution in [0.5, 0.6) is 0 Å². The molecule has 3 saturated carbocycles. The summed E-state index contributed by atoms with van der Waals surface area (Å²) in [5.41, 5.74) is 6.19. The molecule has 5 aliphatic rings. The minimum absolute atomic E-state index is 0.0861. The quantitative estimate of drug-likeness (QED) is 0.465. The molecule has 2 aliphatic heterocycles. The summed E-state index contributed by atoms with van der Waals surface area (Å²) in [7, 11) is 2.12. The van der Waals surface area contributed by atoms with Crippen molar-refractivity contribution >= 4 is 5.52 Å². The van der Waals surface area contributed by atoms with Gasteiger partial charge in [-0.1, -0.05) is 13.3 Å². The molecule has 4 atom stereocenters. The van der Waals surface area contributed by atoms with Crippen LogP contribution < -0.4 is 16.5 Å². The lowest BCUT2D eigenvalue weighted by atomic mass is 9.49. The highest BCUT2D eigenvalue weighted by Gasteiger charge is 2.67. The molecule has 7 rings (SSSR count). The molecule has 232 valence electrons. The molecule has 0 aromatic carbocycles. The van der Waals surface area contributed by atoms with Gasteiger partial charge in [-0.05, 0) is 75.0 Å². The number of hydrazine groups is 1. The molecule has 2 aromatic rings. The lowest BCUT2D eigenvalue weighted by Gasteiger charge is -2.59. The van der Waals surface area contributed by atoms with Crippen molar-refractivity contribution < 1.29 is 22.0 Å². The minimum Gasteiger partial charge on any atom is -0.298 e. The lowest BCUT2D eigenvalue weighted by Crippen LogP contribution is -2.61. The first-order valence-corrected chi connectivity index (χ1v) is 15.4. The number of nitrogens with one attached hydrogen (secondary N) is 2. The molecule has 4 heterocycles. The molecule has 2 N–H and O–H groups in total. The van der Waals surface area contributed by atoms with E-state index in [1.165, 1.54) is 32.2 Å². The number of hydrogen-bond donors (Lipinski definition) is 2. The number of imidazole rings is 1. The highest BCUT2D eigenvalue weighted by atomic mass is 19.4. The summed E-state index contributed by atoms with van der Waals surface area (Å²) >= 11 is 0. The molecule has 3 unspecified atom stereocenters. The van der Waals surface area contributed by atoms with E-state index in [0.717, 1.165) is 55.7 Å². The van der Waals surface area contributed by atoms with Crippen LogP contribution in [0, 0.1) is 22.7 Å². The Kier molecular flexibility index (Phi) is 6.66. The van der Waals surface area contributed by atoms with Gasteiger partial charge in [-0.2, -0.15) is 13.2 Å². The zero-order chi connectivity index (χ0) is 29.7. The van der Waals surface area contributed by atoms with E-state index in [2.05, 4.69) is 22.8 Å². The normalized spacial score (nSPS) is 32.8. The SMILES string of the molecule is C[C@H]1CN(Cc2cc(C(F)(F)F)c3cn(C4CCCC(C5(C6NNCN6C)CC6(CC6)C5)C4)c(=O)n3c2)CCC1(F)F. The van der Waals surface area contributed by atoms with Gasteiger partial charge < -0.3 is 0 Å². The standard InChI is InChI=1S/C30H41F5N6O/c1-19-12-39(9-8-29(19,31)32)13-20-10-23(30(33,34)35)24-15-40(26(42)41(24)14-20)22-5-3-4-21(11-22)28(16-27(17-28)6-7-27)25-37-36-18-38(25)2/h10,14-15,19,21-22,25,36-37H,3-9,11-13,16-18H2,1-2H3/t19-,21?,22?,25?/m0/s1. The molecular weight excluding hydrogens is 555 g/mol. The van der Waals surface area contributed by atoms with Crippen molar-refractivity contribution in [3.63, 3.8) is 0 Å². The van der Waals surface area contributed by atoms with Crippen LogP contribution in [0.1, 0.15) is 81.9 Å². The van der Waals surface area contributed by atoms with Crippen molar-refractivity contribution in [1.82, 2.24) is 29.6 Å². The summed E-state index contributed by atoms with van der Waals surface area (Å²) in [6.07, 6.45) is 6.51. The van der Waals surface area contributed by atoms with Crippen LogP contribution in [0.2, 0.25) is 0 Å². The van der Waals surface area contributed by atoms with E-state index in [0.29, 0.717) is 16.9 Å². The first-order chi connectivity index (χ1) is 19.8. The third kappa shape index (κ3) is 4.71. The van der Waals surface area contributed by atoms with Gasteiger partial charge in [0.05, 0.1) is 23.9 Å². The van der Waals surface area contributed by atoms with Crippen LogP contribution in [0.3, 0.4) is 0 Å². The number of halogens is 5. The van der Waals surface area contributed by atoms with Gasteiger partial charge in [0.15, 0.2) is 0 Å². The number of hydrogen-bond acceptors (Lipinski definition) is 5. The first-order valence-electron chi connectivity index (χ1n) is 15.4. The number of aromatic nitrogens is 2. The van der Waals surface area contributed by atoms with E-state index < -0.39 is 29.3 Å². The average molecular weight is 597 g/mol. The maximum absolute atomic E-state index is 14.3.